The molecular formula is C9H10N2OS. The fourth-order valence-electron chi connectivity index (χ4n) is 1.16. The standard InChI is InChI=1S/C9H10N2OS/c12-8(9-3-1-6-13-9)7-11-5-2-4-10-11/h1-6,8,12H,7H2. The van der Waals surface area contributed by atoms with Gasteiger partial charge in [-0.15, -0.1) is 11.3 Å². The van der Waals surface area contributed by atoms with Gasteiger partial charge in [-0.05, 0) is 17.5 Å². The van der Waals surface area contributed by atoms with Crippen LogP contribution < -0.4 is 0 Å². The van der Waals surface area contributed by atoms with Crippen molar-refractivity contribution >= 4 is 11.3 Å². The van der Waals surface area contributed by atoms with E-state index in [0.717, 1.165) is 4.88 Å². The third kappa shape index (κ3) is 1.96. The lowest BCUT2D eigenvalue weighted by Gasteiger charge is -2.07. The summed E-state index contributed by atoms with van der Waals surface area (Å²) in [4.78, 5) is 0.982. The molecule has 4 heteroatoms. The number of aliphatic hydroxyl groups is 1. The van der Waals surface area contributed by atoms with Gasteiger partial charge in [-0.1, -0.05) is 6.07 Å². The maximum atomic E-state index is 9.73. The normalized spacial score (nSPS) is 13.0. The second-order valence-electron chi connectivity index (χ2n) is 2.76. The zero-order chi connectivity index (χ0) is 9.10. The first-order chi connectivity index (χ1) is 6.36. The first-order valence-electron chi connectivity index (χ1n) is 4.05. The Balaban J connectivity index is 2.04. The number of rotatable bonds is 3. The van der Waals surface area contributed by atoms with E-state index in [-0.39, 0.29) is 0 Å². The van der Waals surface area contributed by atoms with Crippen LogP contribution in [0, 0.1) is 0 Å². The molecule has 0 aromatic carbocycles. The van der Waals surface area contributed by atoms with Crippen LogP contribution >= 0.6 is 11.3 Å². The van der Waals surface area contributed by atoms with Crippen LogP contribution in [0.15, 0.2) is 36.0 Å². The Labute approximate surface area is 80.3 Å². The maximum Gasteiger partial charge on any atom is 0.108 e. The Morgan fingerprint density at radius 2 is 2.46 bits per heavy atom. The van der Waals surface area contributed by atoms with Gasteiger partial charge in [0.15, 0.2) is 0 Å². The quantitative estimate of drug-likeness (QED) is 0.807. The molecule has 68 valence electrons. The van der Waals surface area contributed by atoms with Crippen molar-refractivity contribution in [2.45, 2.75) is 12.6 Å². The lowest BCUT2D eigenvalue weighted by molar-refractivity contribution is 0.155. The minimum atomic E-state index is -0.445. The molecule has 1 N–H and O–H groups in total. The Kier molecular flexibility index (Phi) is 2.42. The van der Waals surface area contributed by atoms with Gasteiger partial charge in [0, 0.05) is 17.3 Å². The predicted molar refractivity (Wildman–Crippen MR) is 51.5 cm³/mol. The minimum absolute atomic E-state index is 0.445. The van der Waals surface area contributed by atoms with Crippen molar-refractivity contribution in [3.63, 3.8) is 0 Å². The molecule has 2 heterocycles. The number of hydrogen-bond donors (Lipinski definition) is 1. The smallest absolute Gasteiger partial charge is 0.108 e. The van der Waals surface area contributed by atoms with Crippen molar-refractivity contribution in [2.24, 2.45) is 0 Å². The Hall–Kier alpha value is -1.13. The molecule has 0 aliphatic carbocycles. The van der Waals surface area contributed by atoms with E-state index in [1.54, 1.807) is 22.2 Å². The number of thiophene rings is 1. The molecule has 0 saturated carbocycles. The van der Waals surface area contributed by atoms with Crippen molar-refractivity contribution in [3.8, 4) is 0 Å². The van der Waals surface area contributed by atoms with Crippen molar-refractivity contribution in [1.82, 2.24) is 9.78 Å². The van der Waals surface area contributed by atoms with Crippen LogP contribution in [0.5, 0.6) is 0 Å². The van der Waals surface area contributed by atoms with Gasteiger partial charge < -0.3 is 5.11 Å². The van der Waals surface area contributed by atoms with E-state index in [2.05, 4.69) is 5.10 Å². The minimum Gasteiger partial charge on any atom is -0.386 e. The third-order valence-corrected chi connectivity index (χ3v) is 2.76. The zero-order valence-corrected chi connectivity index (χ0v) is 7.81. The van der Waals surface area contributed by atoms with Gasteiger partial charge in [0.2, 0.25) is 0 Å². The molecule has 0 saturated heterocycles. The average molecular weight is 194 g/mol. The highest BCUT2D eigenvalue weighted by Gasteiger charge is 2.08. The molecule has 0 amide bonds. The van der Waals surface area contributed by atoms with Crippen molar-refractivity contribution < 1.29 is 5.11 Å². The summed E-state index contributed by atoms with van der Waals surface area (Å²) < 4.78 is 1.73. The number of nitrogens with zero attached hydrogens (tertiary/aromatic N) is 2. The van der Waals surface area contributed by atoms with E-state index in [1.165, 1.54) is 0 Å². The largest absolute Gasteiger partial charge is 0.386 e. The van der Waals surface area contributed by atoms with Gasteiger partial charge in [-0.25, -0.2) is 0 Å². The summed E-state index contributed by atoms with van der Waals surface area (Å²) in [5.74, 6) is 0. The molecule has 0 aliphatic rings. The fourth-order valence-corrected chi connectivity index (χ4v) is 1.86. The van der Waals surface area contributed by atoms with E-state index in [9.17, 15) is 5.11 Å². The molecule has 2 rings (SSSR count). The maximum absolute atomic E-state index is 9.73. The third-order valence-electron chi connectivity index (χ3n) is 1.79. The van der Waals surface area contributed by atoms with Crippen LogP contribution in [-0.4, -0.2) is 14.9 Å². The highest BCUT2D eigenvalue weighted by molar-refractivity contribution is 7.10. The van der Waals surface area contributed by atoms with Crippen LogP contribution in [-0.2, 0) is 6.54 Å². The van der Waals surface area contributed by atoms with Gasteiger partial charge >= 0.3 is 0 Å². The monoisotopic (exact) mass is 194 g/mol. The molecule has 0 fully saturated rings. The molecule has 1 unspecified atom stereocenters. The van der Waals surface area contributed by atoms with Gasteiger partial charge in [0.05, 0.1) is 6.54 Å². The molecule has 2 aromatic heterocycles. The molecule has 13 heavy (non-hydrogen) atoms. The topological polar surface area (TPSA) is 38.0 Å². The number of aromatic nitrogens is 2. The second-order valence-corrected chi connectivity index (χ2v) is 3.74. The first-order valence-corrected chi connectivity index (χ1v) is 4.93. The van der Waals surface area contributed by atoms with E-state index in [0.29, 0.717) is 6.54 Å². The van der Waals surface area contributed by atoms with Gasteiger partial charge in [-0.3, -0.25) is 4.68 Å². The predicted octanol–water partition coefficient (Wildman–Crippen LogP) is 1.68. The summed E-state index contributed by atoms with van der Waals surface area (Å²) in [6, 6.07) is 5.71. The highest BCUT2D eigenvalue weighted by Crippen LogP contribution is 2.19. The summed E-state index contributed by atoms with van der Waals surface area (Å²) >= 11 is 1.56. The van der Waals surface area contributed by atoms with Crippen LogP contribution in [0.3, 0.4) is 0 Å². The van der Waals surface area contributed by atoms with Crippen molar-refractivity contribution in [1.29, 1.82) is 0 Å². The molecule has 2 aromatic rings. The van der Waals surface area contributed by atoms with Gasteiger partial charge in [-0.2, -0.15) is 5.10 Å². The Bertz CT molecular complexity index is 342. The SMILES string of the molecule is OC(Cn1cccn1)c1cccs1. The summed E-state index contributed by atoms with van der Waals surface area (Å²) in [5.41, 5.74) is 0. The molecule has 0 spiro atoms. The molecule has 1 atom stereocenters. The van der Waals surface area contributed by atoms with Crippen LogP contribution in [0.2, 0.25) is 0 Å². The molecular weight excluding hydrogens is 184 g/mol. The van der Waals surface area contributed by atoms with E-state index >= 15 is 0 Å². The number of hydrogen-bond acceptors (Lipinski definition) is 3. The van der Waals surface area contributed by atoms with Crippen LogP contribution in [0.1, 0.15) is 11.0 Å². The van der Waals surface area contributed by atoms with Crippen molar-refractivity contribution in [3.05, 3.63) is 40.8 Å². The van der Waals surface area contributed by atoms with Gasteiger partial charge in [0.1, 0.15) is 6.10 Å². The Morgan fingerprint density at radius 1 is 1.54 bits per heavy atom. The number of aliphatic hydroxyl groups excluding tert-OH is 1. The van der Waals surface area contributed by atoms with E-state index in [4.69, 9.17) is 0 Å². The molecule has 0 radical (unpaired) electrons. The summed E-state index contributed by atoms with van der Waals surface area (Å²) in [7, 11) is 0. The molecule has 0 aliphatic heterocycles. The lowest BCUT2D eigenvalue weighted by atomic mass is 10.3. The second kappa shape index (κ2) is 3.72. The van der Waals surface area contributed by atoms with Crippen LogP contribution in [0.25, 0.3) is 0 Å². The summed E-state index contributed by atoms with van der Waals surface area (Å²) in [5, 5.41) is 15.7. The summed E-state index contributed by atoms with van der Waals surface area (Å²) in [6.45, 7) is 0.521. The summed E-state index contributed by atoms with van der Waals surface area (Å²) in [6.07, 6.45) is 3.11. The lowest BCUT2D eigenvalue weighted by Crippen LogP contribution is -2.07. The van der Waals surface area contributed by atoms with E-state index in [1.807, 2.05) is 29.8 Å². The van der Waals surface area contributed by atoms with Crippen LogP contribution in [0.4, 0.5) is 0 Å². The fraction of sp³-hybridized carbons (Fsp3) is 0.222. The van der Waals surface area contributed by atoms with Gasteiger partial charge in [0.25, 0.3) is 0 Å². The Morgan fingerprint density at radius 3 is 3.08 bits per heavy atom. The average Bonchev–Trinajstić information content (AvgIpc) is 2.74. The molecule has 0 bridgehead atoms. The molecule has 3 nitrogen and oxygen atoms in total. The first kappa shape index (κ1) is 8.47. The highest BCUT2D eigenvalue weighted by atomic mass is 32.1. The van der Waals surface area contributed by atoms with Crippen molar-refractivity contribution in [2.75, 3.05) is 0 Å². The zero-order valence-electron chi connectivity index (χ0n) is 7.00. The van der Waals surface area contributed by atoms with E-state index < -0.39 is 6.10 Å².